The van der Waals surface area contributed by atoms with Gasteiger partial charge in [-0.1, -0.05) is 0 Å². The van der Waals surface area contributed by atoms with Crippen LogP contribution in [0.4, 0.5) is 10.5 Å². The number of pyridine rings is 1. The summed E-state index contributed by atoms with van der Waals surface area (Å²) in [6.07, 6.45) is 2.18. The quantitative estimate of drug-likeness (QED) is 0.590. The number of anilines is 1. The molecule has 0 unspecified atom stereocenters. The summed E-state index contributed by atoms with van der Waals surface area (Å²) in [5, 5.41) is 21.6. The Balaban J connectivity index is 2.56. The number of nitrogens with zero attached hydrogens (tertiary/aromatic N) is 1. The molecule has 1 heterocycles. The molecule has 18 heavy (non-hydrogen) atoms. The summed E-state index contributed by atoms with van der Waals surface area (Å²) in [6.45, 7) is 0. The Morgan fingerprint density at radius 2 is 2.06 bits per heavy atom. The van der Waals surface area contributed by atoms with E-state index in [1.807, 2.05) is 5.32 Å². The van der Waals surface area contributed by atoms with E-state index in [1.165, 1.54) is 12.4 Å². The number of rotatable bonds is 5. The van der Waals surface area contributed by atoms with E-state index in [9.17, 15) is 14.4 Å². The van der Waals surface area contributed by atoms with Crippen molar-refractivity contribution in [3.05, 3.63) is 24.5 Å². The summed E-state index contributed by atoms with van der Waals surface area (Å²) in [5.41, 5.74) is 0.370. The van der Waals surface area contributed by atoms with E-state index in [2.05, 4.69) is 10.3 Å². The second-order valence-electron chi connectivity index (χ2n) is 3.33. The third-order valence-electron chi connectivity index (χ3n) is 1.90. The molecule has 0 radical (unpaired) electrons. The minimum absolute atomic E-state index is 0.370. The molecular weight excluding hydrogens is 242 g/mol. The van der Waals surface area contributed by atoms with Gasteiger partial charge in [0.1, 0.15) is 6.04 Å². The number of nitrogens with one attached hydrogen (secondary N) is 2. The molecule has 0 bridgehead atoms. The van der Waals surface area contributed by atoms with E-state index >= 15 is 0 Å². The first kappa shape index (κ1) is 13.4. The van der Waals surface area contributed by atoms with Crippen molar-refractivity contribution < 1.29 is 24.6 Å². The van der Waals surface area contributed by atoms with Crippen LogP contribution in [-0.4, -0.2) is 39.2 Å². The molecule has 0 saturated carbocycles. The van der Waals surface area contributed by atoms with E-state index in [-0.39, 0.29) is 0 Å². The molecular formula is C10H11N3O5. The molecule has 8 nitrogen and oxygen atoms in total. The van der Waals surface area contributed by atoms with Gasteiger partial charge in [-0.15, -0.1) is 0 Å². The lowest BCUT2D eigenvalue weighted by Crippen LogP contribution is -2.44. The van der Waals surface area contributed by atoms with Gasteiger partial charge in [0.25, 0.3) is 0 Å². The lowest BCUT2D eigenvalue weighted by Gasteiger charge is -2.12. The van der Waals surface area contributed by atoms with Crippen LogP contribution in [-0.2, 0) is 9.59 Å². The smallest absolute Gasteiger partial charge is 0.326 e. The first-order valence-electron chi connectivity index (χ1n) is 4.91. The van der Waals surface area contributed by atoms with Crippen molar-refractivity contribution in [2.45, 2.75) is 12.5 Å². The molecule has 1 atom stereocenters. The summed E-state index contributed by atoms with van der Waals surface area (Å²) >= 11 is 0. The van der Waals surface area contributed by atoms with E-state index in [1.54, 1.807) is 12.1 Å². The standard InChI is InChI=1S/C10H11N3O5/c14-8(15)4-7(9(16)17)13-10(18)12-6-2-1-3-11-5-6/h1-3,5,7H,4H2,(H,14,15)(H,16,17)(H2,12,13,18)/t7-/m0/s1. The highest BCUT2D eigenvalue weighted by Gasteiger charge is 2.22. The number of carboxylic acid groups (broad SMARTS) is 2. The average Bonchev–Trinajstić information content (AvgIpc) is 2.28. The number of carbonyl (C=O) groups excluding carboxylic acids is 1. The topological polar surface area (TPSA) is 129 Å². The summed E-state index contributed by atoms with van der Waals surface area (Å²) < 4.78 is 0. The normalized spacial score (nSPS) is 11.3. The Hall–Kier alpha value is -2.64. The first-order chi connectivity index (χ1) is 8.49. The predicted octanol–water partition coefficient (Wildman–Crippen LogP) is 0.131. The molecule has 0 saturated heterocycles. The molecule has 1 aromatic heterocycles. The lowest BCUT2D eigenvalue weighted by atomic mass is 10.2. The molecule has 96 valence electrons. The maximum absolute atomic E-state index is 11.4. The molecule has 0 aliphatic carbocycles. The molecule has 0 aliphatic heterocycles. The van der Waals surface area contributed by atoms with Crippen molar-refractivity contribution in [3.63, 3.8) is 0 Å². The van der Waals surface area contributed by atoms with E-state index in [0.717, 1.165) is 0 Å². The number of hydrogen-bond acceptors (Lipinski definition) is 4. The molecule has 4 N–H and O–H groups in total. The number of urea groups is 1. The fourth-order valence-electron chi connectivity index (χ4n) is 1.14. The number of carbonyl (C=O) groups is 3. The minimum atomic E-state index is -1.49. The van der Waals surface area contributed by atoms with Crippen LogP contribution in [0.25, 0.3) is 0 Å². The highest BCUT2D eigenvalue weighted by molar-refractivity contribution is 5.93. The third-order valence-corrected chi connectivity index (χ3v) is 1.90. The molecule has 0 aromatic carbocycles. The Bertz CT molecular complexity index is 448. The van der Waals surface area contributed by atoms with Crippen LogP contribution < -0.4 is 10.6 Å². The third kappa shape index (κ3) is 4.47. The highest BCUT2D eigenvalue weighted by Crippen LogP contribution is 2.02. The van der Waals surface area contributed by atoms with Crippen molar-refractivity contribution >= 4 is 23.7 Å². The summed E-state index contributed by atoms with van der Waals surface area (Å²) in [5.74, 6) is -2.73. The van der Waals surface area contributed by atoms with Gasteiger partial charge in [0.2, 0.25) is 0 Å². The average molecular weight is 253 g/mol. The highest BCUT2D eigenvalue weighted by atomic mass is 16.4. The van der Waals surface area contributed by atoms with Gasteiger partial charge >= 0.3 is 18.0 Å². The maximum Gasteiger partial charge on any atom is 0.326 e. The summed E-state index contributed by atoms with van der Waals surface area (Å²) in [7, 11) is 0. The van der Waals surface area contributed by atoms with Gasteiger partial charge in [0.05, 0.1) is 18.3 Å². The minimum Gasteiger partial charge on any atom is -0.481 e. The van der Waals surface area contributed by atoms with Crippen molar-refractivity contribution in [3.8, 4) is 0 Å². The SMILES string of the molecule is O=C(O)C[C@H](NC(=O)Nc1cccnc1)C(=O)O. The zero-order valence-electron chi connectivity index (χ0n) is 9.16. The second-order valence-corrected chi connectivity index (χ2v) is 3.33. The van der Waals surface area contributed by atoms with Crippen LogP contribution in [0.2, 0.25) is 0 Å². The zero-order chi connectivity index (χ0) is 13.5. The van der Waals surface area contributed by atoms with Crippen LogP contribution in [0.5, 0.6) is 0 Å². The summed E-state index contributed by atoms with van der Waals surface area (Å²) in [6, 6.07) is 0.844. The molecule has 0 aliphatic rings. The fourth-order valence-corrected chi connectivity index (χ4v) is 1.14. The zero-order valence-corrected chi connectivity index (χ0v) is 9.16. The van der Waals surface area contributed by atoms with Crippen molar-refractivity contribution in [2.75, 3.05) is 5.32 Å². The first-order valence-corrected chi connectivity index (χ1v) is 4.91. The lowest BCUT2D eigenvalue weighted by molar-refractivity contribution is -0.145. The van der Waals surface area contributed by atoms with E-state index in [0.29, 0.717) is 5.69 Å². The van der Waals surface area contributed by atoms with Gasteiger partial charge in [-0.2, -0.15) is 0 Å². The largest absolute Gasteiger partial charge is 0.481 e. The number of aliphatic carboxylic acids is 2. The van der Waals surface area contributed by atoms with Gasteiger partial charge in [-0.25, -0.2) is 9.59 Å². The van der Waals surface area contributed by atoms with Gasteiger partial charge in [-0.05, 0) is 12.1 Å². The fraction of sp³-hybridized carbons (Fsp3) is 0.200. The van der Waals surface area contributed by atoms with Gasteiger partial charge in [0.15, 0.2) is 0 Å². The predicted molar refractivity (Wildman–Crippen MR) is 60.1 cm³/mol. The van der Waals surface area contributed by atoms with Crippen LogP contribution in [0, 0.1) is 0 Å². The Kier molecular flexibility index (Phi) is 4.61. The molecule has 1 rings (SSSR count). The van der Waals surface area contributed by atoms with Crippen LogP contribution in [0.3, 0.4) is 0 Å². The molecule has 8 heteroatoms. The number of carboxylic acids is 2. The molecule has 0 spiro atoms. The molecule has 2 amide bonds. The number of amides is 2. The molecule has 1 aromatic rings. The monoisotopic (exact) mass is 253 g/mol. The number of hydrogen-bond donors (Lipinski definition) is 4. The second kappa shape index (κ2) is 6.18. The van der Waals surface area contributed by atoms with E-state index < -0.39 is 30.4 Å². The maximum atomic E-state index is 11.4. The molecule has 0 fully saturated rings. The number of aromatic nitrogens is 1. The summed E-state index contributed by atoms with van der Waals surface area (Å²) in [4.78, 5) is 36.3. The Morgan fingerprint density at radius 3 is 2.56 bits per heavy atom. The Labute approximate surface area is 102 Å². The van der Waals surface area contributed by atoms with Crippen LogP contribution in [0.1, 0.15) is 6.42 Å². The van der Waals surface area contributed by atoms with Gasteiger partial charge in [-0.3, -0.25) is 9.78 Å². The van der Waals surface area contributed by atoms with Crippen molar-refractivity contribution in [2.24, 2.45) is 0 Å². The van der Waals surface area contributed by atoms with Crippen LogP contribution in [0.15, 0.2) is 24.5 Å². The van der Waals surface area contributed by atoms with Crippen LogP contribution >= 0.6 is 0 Å². The van der Waals surface area contributed by atoms with Gasteiger partial charge in [0, 0.05) is 6.20 Å². The van der Waals surface area contributed by atoms with Crippen molar-refractivity contribution in [1.29, 1.82) is 0 Å². The van der Waals surface area contributed by atoms with Gasteiger partial charge < -0.3 is 20.8 Å². The van der Waals surface area contributed by atoms with E-state index in [4.69, 9.17) is 10.2 Å². The van der Waals surface area contributed by atoms with Crippen molar-refractivity contribution in [1.82, 2.24) is 10.3 Å². The Morgan fingerprint density at radius 1 is 1.33 bits per heavy atom.